The van der Waals surface area contributed by atoms with Gasteiger partial charge in [0.05, 0.1) is 21.8 Å². The van der Waals surface area contributed by atoms with Crippen molar-refractivity contribution in [1.29, 1.82) is 0 Å². The van der Waals surface area contributed by atoms with Crippen LogP contribution in [0.4, 0.5) is 0 Å². The molecule has 0 fully saturated rings. The van der Waals surface area contributed by atoms with Gasteiger partial charge in [0.15, 0.2) is 0 Å². The lowest BCUT2D eigenvalue weighted by Gasteiger charge is -2.05. The number of aromatic carboxylic acids is 1. The second-order valence-corrected chi connectivity index (χ2v) is 6.51. The van der Waals surface area contributed by atoms with Crippen molar-refractivity contribution in [3.63, 3.8) is 0 Å². The molecule has 0 bridgehead atoms. The Kier molecular flexibility index (Phi) is 4.66. The third kappa shape index (κ3) is 2.97. The molecule has 5 nitrogen and oxygen atoms in total. The topological polar surface area (TPSA) is 92.0 Å². The van der Waals surface area contributed by atoms with Crippen LogP contribution in [0, 0.1) is 0 Å². The highest BCUT2D eigenvalue weighted by molar-refractivity contribution is 7.13. The Morgan fingerprint density at radius 2 is 2.22 bits per heavy atom. The van der Waals surface area contributed by atoms with Gasteiger partial charge in [-0.25, -0.2) is 9.78 Å². The molecule has 0 aliphatic heterocycles. The number of benzene rings is 1. The zero-order valence-electron chi connectivity index (χ0n) is 12.3. The summed E-state index contributed by atoms with van der Waals surface area (Å²) in [5, 5.41) is 13.4. The normalized spacial score (nSPS) is 11.2. The van der Waals surface area contributed by atoms with E-state index < -0.39 is 5.97 Å². The van der Waals surface area contributed by atoms with Crippen molar-refractivity contribution in [2.24, 2.45) is 5.73 Å². The van der Waals surface area contributed by atoms with Gasteiger partial charge in [-0.3, -0.25) is 0 Å². The number of unbranched alkanes of at least 4 members (excludes halogenated alkanes) is 1. The van der Waals surface area contributed by atoms with Crippen LogP contribution in [0.3, 0.4) is 0 Å². The summed E-state index contributed by atoms with van der Waals surface area (Å²) in [6.45, 7) is 0.613. The van der Waals surface area contributed by atoms with Crippen LogP contribution in [0.2, 0.25) is 5.02 Å². The van der Waals surface area contributed by atoms with E-state index in [0.717, 1.165) is 35.5 Å². The Morgan fingerprint density at radius 1 is 1.39 bits per heavy atom. The van der Waals surface area contributed by atoms with Crippen molar-refractivity contribution in [1.82, 2.24) is 9.97 Å². The predicted octanol–water partition coefficient (Wildman–Crippen LogP) is 3.92. The minimum absolute atomic E-state index is 0.256. The molecule has 120 valence electrons. The number of aryl methyl sites for hydroxylation is 1. The molecule has 0 atom stereocenters. The number of carboxylic acids is 1. The van der Waals surface area contributed by atoms with Crippen molar-refractivity contribution in [3.05, 3.63) is 39.9 Å². The molecule has 0 unspecified atom stereocenters. The molecular weight excluding hydrogens is 334 g/mol. The Hall–Kier alpha value is -1.89. The minimum atomic E-state index is -0.962. The van der Waals surface area contributed by atoms with E-state index in [1.165, 1.54) is 11.3 Å². The molecule has 0 aliphatic rings. The number of rotatable bonds is 6. The Morgan fingerprint density at radius 3 is 2.87 bits per heavy atom. The van der Waals surface area contributed by atoms with Crippen LogP contribution in [-0.2, 0) is 6.42 Å². The SMILES string of the molecule is NCCCCc1c(-c2nccs2)[nH]c2c(Cl)ccc(C(=O)O)c12. The molecule has 3 rings (SSSR count). The van der Waals surface area contributed by atoms with Gasteiger partial charge in [-0.05, 0) is 43.5 Å². The second kappa shape index (κ2) is 6.70. The number of halogens is 1. The van der Waals surface area contributed by atoms with Crippen LogP contribution < -0.4 is 5.73 Å². The first-order chi connectivity index (χ1) is 11.1. The average molecular weight is 350 g/mol. The quantitative estimate of drug-likeness (QED) is 0.588. The lowest BCUT2D eigenvalue weighted by atomic mass is 10.00. The van der Waals surface area contributed by atoms with Crippen LogP contribution in [-0.4, -0.2) is 27.6 Å². The number of carboxylic acid groups (broad SMARTS) is 1. The highest BCUT2D eigenvalue weighted by Crippen LogP contribution is 2.37. The van der Waals surface area contributed by atoms with Gasteiger partial charge in [-0.2, -0.15) is 0 Å². The van der Waals surface area contributed by atoms with Gasteiger partial charge in [0.2, 0.25) is 0 Å². The Bertz CT molecular complexity index is 843. The van der Waals surface area contributed by atoms with Gasteiger partial charge < -0.3 is 15.8 Å². The van der Waals surface area contributed by atoms with Crippen LogP contribution in [0.5, 0.6) is 0 Å². The molecule has 23 heavy (non-hydrogen) atoms. The maximum atomic E-state index is 11.6. The first kappa shape index (κ1) is 16.0. The number of nitrogens with zero attached hydrogens (tertiary/aromatic N) is 1. The number of nitrogens with one attached hydrogen (secondary N) is 1. The van der Waals surface area contributed by atoms with Gasteiger partial charge in [-0.15, -0.1) is 11.3 Å². The smallest absolute Gasteiger partial charge is 0.336 e. The number of H-pyrrole nitrogens is 1. The fourth-order valence-corrected chi connectivity index (χ4v) is 3.61. The summed E-state index contributed by atoms with van der Waals surface area (Å²) < 4.78 is 0. The molecular formula is C16H16ClN3O2S. The number of hydrogen-bond donors (Lipinski definition) is 3. The van der Waals surface area contributed by atoms with E-state index in [1.807, 2.05) is 5.38 Å². The maximum absolute atomic E-state index is 11.6. The number of carbonyl (C=O) groups is 1. The summed E-state index contributed by atoms with van der Waals surface area (Å²) in [6, 6.07) is 3.16. The van der Waals surface area contributed by atoms with E-state index in [-0.39, 0.29) is 5.56 Å². The second-order valence-electron chi connectivity index (χ2n) is 5.21. The molecule has 0 amide bonds. The standard InChI is InChI=1S/C16H16ClN3O2S/c17-11-5-4-10(16(21)22)12-9(3-1-2-6-18)13(20-14(11)12)15-19-7-8-23-15/h4-5,7-8,20H,1-3,6,18H2,(H,21,22). The zero-order chi connectivity index (χ0) is 16.4. The fraction of sp³-hybridized carbons (Fsp3) is 0.250. The molecule has 3 aromatic rings. The van der Waals surface area contributed by atoms with Crippen molar-refractivity contribution in [3.8, 4) is 10.7 Å². The number of thiazole rings is 1. The fourth-order valence-electron chi connectivity index (χ4n) is 2.74. The van der Waals surface area contributed by atoms with Gasteiger partial charge in [0.25, 0.3) is 0 Å². The largest absolute Gasteiger partial charge is 0.478 e. The van der Waals surface area contributed by atoms with Crippen LogP contribution in [0.1, 0.15) is 28.8 Å². The van der Waals surface area contributed by atoms with Gasteiger partial charge in [0, 0.05) is 17.0 Å². The summed E-state index contributed by atoms with van der Waals surface area (Å²) in [7, 11) is 0. The minimum Gasteiger partial charge on any atom is -0.478 e. The number of nitrogens with two attached hydrogens (primary N) is 1. The Labute approximate surface area is 142 Å². The summed E-state index contributed by atoms with van der Waals surface area (Å²) in [5.74, 6) is -0.962. The van der Waals surface area contributed by atoms with Crippen molar-refractivity contribution >= 4 is 39.8 Å². The van der Waals surface area contributed by atoms with Gasteiger partial charge >= 0.3 is 5.97 Å². The van der Waals surface area contributed by atoms with Gasteiger partial charge in [-0.1, -0.05) is 11.6 Å². The molecule has 0 saturated heterocycles. The predicted molar refractivity (Wildman–Crippen MR) is 93.4 cm³/mol. The Balaban J connectivity index is 2.25. The van der Waals surface area contributed by atoms with E-state index in [0.29, 0.717) is 22.5 Å². The summed E-state index contributed by atoms with van der Waals surface area (Å²) >= 11 is 7.79. The lowest BCUT2D eigenvalue weighted by molar-refractivity contribution is 0.0699. The van der Waals surface area contributed by atoms with Crippen molar-refractivity contribution in [2.45, 2.75) is 19.3 Å². The maximum Gasteiger partial charge on any atom is 0.336 e. The van der Waals surface area contributed by atoms with Crippen molar-refractivity contribution in [2.75, 3.05) is 6.54 Å². The summed E-state index contributed by atoms with van der Waals surface area (Å²) in [4.78, 5) is 19.2. The molecule has 0 spiro atoms. The first-order valence-electron chi connectivity index (χ1n) is 7.29. The van der Waals surface area contributed by atoms with E-state index in [4.69, 9.17) is 17.3 Å². The van der Waals surface area contributed by atoms with Crippen molar-refractivity contribution < 1.29 is 9.90 Å². The third-order valence-electron chi connectivity index (χ3n) is 3.77. The van der Waals surface area contributed by atoms with E-state index in [1.54, 1.807) is 18.3 Å². The van der Waals surface area contributed by atoms with E-state index in [2.05, 4.69) is 9.97 Å². The summed E-state index contributed by atoms with van der Waals surface area (Å²) in [5.41, 5.74) is 8.29. The zero-order valence-corrected chi connectivity index (χ0v) is 13.9. The molecule has 0 radical (unpaired) electrons. The van der Waals surface area contributed by atoms with Crippen LogP contribution in [0.15, 0.2) is 23.7 Å². The van der Waals surface area contributed by atoms with E-state index >= 15 is 0 Å². The molecule has 0 aliphatic carbocycles. The number of fused-ring (bicyclic) bond motifs is 1. The van der Waals surface area contributed by atoms with E-state index in [9.17, 15) is 9.90 Å². The third-order valence-corrected chi connectivity index (χ3v) is 4.87. The summed E-state index contributed by atoms with van der Waals surface area (Å²) in [6.07, 6.45) is 4.22. The monoisotopic (exact) mass is 349 g/mol. The highest BCUT2D eigenvalue weighted by Gasteiger charge is 2.21. The molecule has 7 heteroatoms. The number of hydrogen-bond acceptors (Lipinski definition) is 4. The molecule has 2 heterocycles. The van der Waals surface area contributed by atoms with Gasteiger partial charge in [0.1, 0.15) is 5.01 Å². The van der Waals surface area contributed by atoms with Crippen LogP contribution in [0.25, 0.3) is 21.6 Å². The lowest BCUT2D eigenvalue weighted by Crippen LogP contribution is -2.01. The molecule has 1 aromatic carbocycles. The van der Waals surface area contributed by atoms with Crippen LogP contribution >= 0.6 is 22.9 Å². The average Bonchev–Trinajstić information content (AvgIpc) is 3.15. The molecule has 2 aromatic heterocycles. The molecule has 0 saturated carbocycles. The highest BCUT2D eigenvalue weighted by atomic mass is 35.5. The number of aromatic amines is 1. The number of aromatic nitrogens is 2. The first-order valence-corrected chi connectivity index (χ1v) is 8.55. The molecule has 4 N–H and O–H groups in total.